The zero-order valence-corrected chi connectivity index (χ0v) is 12.2. The van der Waals surface area contributed by atoms with Gasteiger partial charge in [-0.05, 0) is 43.0 Å². The maximum atomic E-state index is 12.3. The first-order chi connectivity index (χ1) is 10.2. The number of nitrogens with one attached hydrogen (secondary N) is 1. The van der Waals surface area contributed by atoms with E-state index in [0.29, 0.717) is 17.3 Å². The second-order valence-corrected chi connectivity index (χ2v) is 5.46. The number of carbonyl (C=O) groups excluding carboxylic acids is 1. The van der Waals surface area contributed by atoms with Crippen molar-refractivity contribution in [3.63, 3.8) is 0 Å². The van der Waals surface area contributed by atoms with E-state index in [2.05, 4.69) is 17.4 Å². The number of aromatic nitrogens is 1. The molecule has 0 saturated carbocycles. The number of fused-ring (bicyclic) bond motifs is 1. The highest BCUT2D eigenvalue weighted by molar-refractivity contribution is 6.04. The number of anilines is 1. The van der Waals surface area contributed by atoms with E-state index in [1.54, 1.807) is 31.4 Å². The van der Waals surface area contributed by atoms with Gasteiger partial charge in [-0.15, -0.1) is 0 Å². The van der Waals surface area contributed by atoms with Gasteiger partial charge in [-0.1, -0.05) is 12.1 Å². The summed E-state index contributed by atoms with van der Waals surface area (Å²) in [6, 6.07) is 7.20. The third-order valence-electron chi connectivity index (χ3n) is 3.85. The van der Waals surface area contributed by atoms with E-state index in [9.17, 15) is 4.79 Å². The van der Waals surface area contributed by atoms with Crippen LogP contribution in [-0.4, -0.2) is 18.2 Å². The third-order valence-corrected chi connectivity index (χ3v) is 3.85. The Kier molecular flexibility index (Phi) is 3.64. The molecule has 5 heteroatoms. The summed E-state index contributed by atoms with van der Waals surface area (Å²) in [4.78, 5) is 12.3. The summed E-state index contributed by atoms with van der Waals surface area (Å²) < 4.78 is 10.4. The molecule has 0 unspecified atom stereocenters. The van der Waals surface area contributed by atoms with Crippen LogP contribution in [0.25, 0.3) is 0 Å². The third kappa shape index (κ3) is 2.77. The summed E-state index contributed by atoms with van der Waals surface area (Å²) >= 11 is 0. The van der Waals surface area contributed by atoms with Gasteiger partial charge in [0.25, 0.3) is 5.91 Å². The maximum absolute atomic E-state index is 12.3. The van der Waals surface area contributed by atoms with Gasteiger partial charge < -0.3 is 14.6 Å². The fourth-order valence-electron chi connectivity index (χ4n) is 2.62. The number of nitrogens with zero attached hydrogens (tertiary/aromatic N) is 1. The van der Waals surface area contributed by atoms with Crippen LogP contribution in [0.5, 0.6) is 5.75 Å². The van der Waals surface area contributed by atoms with E-state index < -0.39 is 0 Å². The Bertz CT molecular complexity index is 646. The minimum Gasteiger partial charge on any atom is -0.497 e. The molecule has 0 saturated heterocycles. The molecule has 1 aliphatic rings. The quantitative estimate of drug-likeness (QED) is 0.941. The molecule has 21 heavy (non-hydrogen) atoms. The van der Waals surface area contributed by atoms with Crippen LogP contribution in [0, 0.1) is 5.92 Å². The van der Waals surface area contributed by atoms with Crippen LogP contribution in [0.1, 0.15) is 35.2 Å². The first-order valence-corrected chi connectivity index (χ1v) is 7.10. The Labute approximate surface area is 123 Å². The molecule has 1 N–H and O–H groups in total. The molecule has 1 aromatic carbocycles. The molecule has 0 aliphatic heterocycles. The Morgan fingerprint density at radius 3 is 2.86 bits per heavy atom. The summed E-state index contributed by atoms with van der Waals surface area (Å²) in [5, 5.41) is 6.79. The Balaban J connectivity index is 1.77. The van der Waals surface area contributed by atoms with Crippen molar-refractivity contribution in [3.8, 4) is 5.75 Å². The zero-order valence-electron chi connectivity index (χ0n) is 12.2. The van der Waals surface area contributed by atoms with Crippen molar-refractivity contribution < 1.29 is 14.1 Å². The Morgan fingerprint density at radius 1 is 1.38 bits per heavy atom. The molecular formula is C16H18N2O3. The van der Waals surface area contributed by atoms with Gasteiger partial charge in [0.2, 0.25) is 0 Å². The highest BCUT2D eigenvalue weighted by Crippen LogP contribution is 2.28. The van der Waals surface area contributed by atoms with Gasteiger partial charge in [0.05, 0.1) is 7.11 Å². The fraction of sp³-hybridized carbons (Fsp3) is 0.375. The van der Waals surface area contributed by atoms with E-state index in [1.807, 2.05) is 0 Å². The SMILES string of the molecule is COc1ccc(NC(=O)c2noc3c2C[C@@H](C)CC3)cc1. The second-order valence-electron chi connectivity index (χ2n) is 5.46. The number of benzene rings is 1. The van der Waals surface area contributed by atoms with Crippen LogP contribution in [-0.2, 0) is 12.8 Å². The standard InChI is InChI=1S/C16H18N2O3/c1-10-3-8-14-13(9-10)15(18-21-14)16(19)17-11-4-6-12(20-2)7-5-11/h4-7,10H,3,8-9H2,1-2H3,(H,17,19)/t10-/m0/s1. The van der Waals surface area contributed by atoms with Crippen molar-refractivity contribution in [3.05, 3.63) is 41.3 Å². The predicted octanol–water partition coefficient (Wildman–Crippen LogP) is 3.06. The van der Waals surface area contributed by atoms with E-state index in [0.717, 1.165) is 36.3 Å². The molecule has 1 aliphatic carbocycles. The van der Waals surface area contributed by atoms with Crippen molar-refractivity contribution >= 4 is 11.6 Å². The van der Waals surface area contributed by atoms with Crippen LogP contribution in [0.2, 0.25) is 0 Å². The molecule has 0 fully saturated rings. The van der Waals surface area contributed by atoms with Gasteiger partial charge in [-0.3, -0.25) is 4.79 Å². The summed E-state index contributed by atoms with van der Waals surface area (Å²) in [5.41, 5.74) is 2.08. The van der Waals surface area contributed by atoms with Crippen molar-refractivity contribution in [1.82, 2.24) is 5.16 Å². The molecule has 5 nitrogen and oxygen atoms in total. The number of methoxy groups -OCH3 is 1. The number of hydrogen-bond donors (Lipinski definition) is 1. The number of carbonyl (C=O) groups is 1. The molecule has 2 aromatic rings. The lowest BCUT2D eigenvalue weighted by atomic mass is 9.88. The smallest absolute Gasteiger partial charge is 0.278 e. The van der Waals surface area contributed by atoms with Crippen molar-refractivity contribution in [1.29, 1.82) is 0 Å². The van der Waals surface area contributed by atoms with Crippen LogP contribution < -0.4 is 10.1 Å². The first kappa shape index (κ1) is 13.7. The molecule has 0 bridgehead atoms. The van der Waals surface area contributed by atoms with Crippen molar-refractivity contribution in [2.75, 3.05) is 12.4 Å². The minimum atomic E-state index is -0.223. The molecule has 1 heterocycles. The van der Waals surface area contributed by atoms with E-state index in [4.69, 9.17) is 9.26 Å². The van der Waals surface area contributed by atoms with Crippen LogP contribution in [0.15, 0.2) is 28.8 Å². The number of rotatable bonds is 3. The number of hydrogen-bond acceptors (Lipinski definition) is 4. The monoisotopic (exact) mass is 286 g/mol. The molecule has 110 valence electrons. The lowest BCUT2D eigenvalue weighted by Gasteiger charge is -2.16. The molecule has 1 aromatic heterocycles. The molecular weight excluding hydrogens is 268 g/mol. The summed E-state index contributed by atoms with van der Waals surface area (Å²) in [6.45, 7) is 2.18. The van der Waals surface area contributed by atoms with Crippen molar-refractivity contribution in [2.24, 2.45) is 5.92 Å². The van der Waals surface area contributed by atoms with Gasteiger partial charge in [0.1, 0.15) is 11.5 Å². The average molecular weight is 286 g/mol. The Hall–Kier alpha value is -2.30. The van der Waals surface area contributed by atoms with Crippen LogP contribution >= 0.6 is 0 Å². The van der Waals surface area contributed by atoms with Gasteiger partial charge in [-0.2, -0.15) is 0 Å². The van der Waals surface area contributed by atoms with E-state index >= 15 is 0 Å². The van der Waals surface area contributed by atoms with E-state index in [-0.39, 0.29) is 5.91 Å². The lowest BCUT2D eigenvalue weighted by Crippen LogP contribution is -2.17. The topological polar surface area (TPSA) is 64.4 Å². The average Bonchev–Trinajstić information content (AvgIpc) is 2.91. The molecule has 1 amide bonds. The summed E-state index contributed by atoms with van der Waals surface area (Å²) in [6.07, 6.45) is 2.80. The number of ether oxygens (including phenoxy) is 1. The highest BCUT2D eigenvalue weighted by Gasteiger charge is 2.26. The lowest BCUT2D eigenvalue weighted by molar-refractivity contribution is 0.101. The molecule has 0 radical (unpaired) electrons. The van der Waals surface area contributed by atoms with Gasteiger partial charge >= 0.3 is 0 Å². The Morgan fingerprint density at radius 2 is 2.14 bits per heavy atom. The van der Waals surface area contributed by atoms with Crippen LogP contribution in [0.3, 0.4) is 0 Å². The summed E-state index contributed by atoms with van der Waals surface area (Å²) in [5.74, 6) is 1.94. The number of amides is 1. The highest BCUT2D eigenvalue weighted by atomic mass is 16.5. The second kappa shape index (κ2) is 5.60. The summed E-state index contributed by atoms with van der Waals surface area (Å²) in [7, 11) is 1.61. The van der Waals surface area contributed by atoms with E-state index in [1.165, 1.54) is 0 Å². The zero-order chi connectivity index (χ0) is 14.8. The maximum Gasteiger partial charge on any atom is 0.278 e. The van der Waals surface area contributed by atoms with Gasteiger partial charge in [0, 0.05) is 17.7 Å². The molecule has 1 atom stereocenters. The van der Waals surface area contributed by atoms with Crippen molar-refractivity contribution in [2.45, 2.75) is 26.2 Å². The fourth-order valence-corrected chi connectivity index (χ4v) is 2.62. The molecule has 3 rings (SSSR count). The normalized spacial score (nSPS) is 17.1. The van der Waals surface area contributed by atoms with Gasteiger partial charge in [-0.25, -0.2) is 0 Å². The predicted molar refractivity (Wildman–Crippen MR) is 78.6 cm³/mol. The first-order valence-electron chi connectivity index (χ1n) is 7.10. The minimum absolute atomic E-state index is 0.223. The van der Waals surface area contributed by atoms with Gasteiger partial charge in [0.15, 0.2) is 5.69 Å². The number of aryl methyl sites for hydroxylation is 1. The largest absolute Gasteiger partial charge is 0.497 e. The van der Waals surface area contributed by atoms with Crippen LogP contribution in [0.4, 0.5) is 5.69 Å². The molecule has 0 spiro atoms.